The molecule has 112 valence electrons. The van der Waals surface area contributed by atoms with Gasteiger partial charge in [-0.15, -0.1) is 0 Å². The highest BCUT2D eigenvalue weighted by Crippen LogP contribution is 2.32. The first-order chi connectivity index (χ1) is 9.06. The van der Waals surface area contributed by atoms with Crippen molar-refractivity contribution >= 4 is 9.84 Å². The quantitative estimate of drug-likeness (QED) is 0.838. The fourth-order valence-corrected chi connectivity index (χ4v) is 5.83. The fourth-order valence-electron chi connectivity index (χ4n) is 3.47. The maximum Gasteiger partial charge on any atom is 0.157 e. The van der Waals surface area contributed by atoms with Crippen molar-refractivity contribution in [1.29, 1.82) is 0 Å². The molecule has 0 bridgehead atoms. The van der Waals surface area contributed by atoms with Crippen LogP contribution in [0.5, 0.6) is 0 Å². The zero-order valence-corrected chi connectivity index (χ0v) is 12.9. The normalized spacial score (nSPS) is 36.5. The summed E-state index contributed by atoms with van der Waals surface area (Å²) in [7, 11) is -1.18. The second kappa shape index (κ2) is 6.55. The molecule has 1 aliphatic heterocycles. The zero-order chi connectivity index (χ0) is 13.9. The molecular formula is C14H27NO3S. The van der Waals surface area contributed by atoms with Crippen molar-refractivity contribution in [2.24, 2.45) is 5.92 Å². The first kappa shape index (κ1) is 15.3. The van der Waals surface area contributed by atoms with Gasteiger partial charge in [0.15, 0.2) is 9.84 Å². The highest BCUT2D eigenvalue weighted by atomic mass is 32.2. The Morgan fingerprint density at radius 2 is 2.05 bits per heavy atom. The van der Waals surface area contributed by atoms with E-state index in [0.29, 0.717) is 5.92 Å². The first-order valence-corrected chi connectivity index (χ1v) is 9.28. The van der Waals surface area contributed by atoms with Crippen molar-refractivity contribution in [1.82, 2.24) is 5.32 Å². The summed E-state index contributed by atoms with van der Waals surface area (Å²) in [6.07, 6.45) is 5.85. The Balaban J connectivity index is 2.05. The van der Waals surface area contributed by atoms with E-state index in [1.807, 2.05) is 7.05 Å². The van der Waals surface area contributed by atoms with Crippen molar-refractivity contribution in [3.63, 3.8) is 0 Å². The van der Waals surface area contributed by atoms with Crippen LogP contribution in [0, 0.1) is 5.92 Å². The lowest BCUT2D eigenvalue weighted by atomic mass is 9.84. The molecule has 4 atom stereocenters. The minimum atomic E-state index is -3.06. The molecule has 0 aromatic carbocycles. The van der Waals surface area contributed by atoms with E-state index in [9.17, 15) is 8.42 Å². The highest BCUT2D eigenvalue weighted by Gasteiger charge is 2.39. The van der Waals surface area contributed by atoms with Crippen LogP contribution in [0.2, 0.25) is 0 Å². The smallest absolute Gasteiger partial charge is 0.157 e. The molecule has 1 heterocycles. The van der Waals surface area contributed by atoms with Gasteiger partial charge in [-0.25, -0.2) is 8.42 Å². The van der Waals surface area contributed by atoms with Gasteiger partial charge in [0.2, 0.25) is 0 Å². The van der Waals surface area contributed by atoms with Gasteiger partial charge >= 0.3 is 0 Å². The maximum absolute atomic E-state index is 12.7. The van der Waals surface area contributed by atoms with E-state index < -0.39 is 9.84 Å². The molecule has 5 heteroatoms. The number of hydrogen-bond donors (Lipinski definition) is 1. The van der Waals surface area contributed by atoms with Crippen LogP contribution in [0.25, 0.3) is 0 Å². The summed E-state index contributed by atoms with van der Waals surface area (Å²) in [4.78, 5) is 0. The molecule has 1 saturated heterocycles. The molecule has 2 aliphatic rings. The monoisotopic (exact) mass is 289 g/mol. The lowest BCUT2D eigenvalue weighted by Crippen LogP contribution is -2.48. The third-order valence-electron chi connectivity index (χ3n) is 4.75. The number of rotatable bonds is 5. The van der Waals surface area contributed by atoms with Crippen LogP contribution in [0.15, 0.2) is 0 Å². The predicted octanol–water partition coefficient (Wildman–Crippen LogP) is 1.75. The third-order valence-corrected chi connectivity index (χ3v) is 7.03. The largest absolute Gasteiger partial charge is 0.377 e. The van der Waals surface area contributed by atoms with Gasteiger partial charge in [-0.1, -0.05) is 13.3 Å². The van der Waals surface area contributed by atoms with Gasteiger partial charge in [-0.2, -0.15) is 0 Å². The van der Waals surface area contributed by atoms with Crippen LogP contribution in [-0.2, 0) is 14.6 Å². The molecule has 0 aromatic heterocycles. The Kier molecular flexibility index (Phi) is 5.26. The molecule has 1 saturated carbocycles. The molecule has 4 nitrogen and oxygen atoms in total. The zero-order valence-electron chi connectivity index (χ0n) is 12.1. The van der Waals surface area contributed by atoms with Gasteiger partial charge in [0, 0.05) is 12.6 Å². The average Bonchev–Trinajstić information content (AvgIpc) is 2.90. The molecule has 0 spiro atoms. The molecule has 2 fully saturated rings. The van der Waals surface area contributed by atoms with E-state index in [4.69, 9.17) is 4.74 Å². The van der Waals surface area contributed by atoms with E-state index in [1.54, 1.807) is 0 Å². The number of nitrogens with one attached hydrogen (secondary N) is 1. The van der Waals surface area contributed by atoms with Crippen LogP contribution >= 0.6 is 0 Å². The molecule has 0 amide bonds. The van der Waals surface area contributed by atoms with Crippen LogP contribution in [0.1, 0.15) is 45.4 Å². The molecule has 1 aliphatic carbocycles. The van der Waals surface area contributed by atoms with Crippen molar-refractivity contribution in [3.8, 4) is 0 Å². The second-order valence-electron chi connectivity index (χ2n) is 5.99. The molecule has 19 heavy (non-hydrogen) atoms. The lowest BCUT2D eigenvalue weighted by Gasteiger charge is -2.35. The number of sulfone groups is 1. The SMILES string of the molecule is CCC1CCC(NC)C(S(=O)(=O)CC2CCCO2)C1. The number of hydrogen-bond acceptors (Lipinski definition) is 4. The Bertz CT molecular complexity index is 376. The van der Waals surface area contributed by atoms with Gasteiger partial charge in [0.1, 0.15) is 0 Å². The van der Waals surface area contributed by atoms with Crippen molar-refractivity contribution < 1.29 is 13.2 Å². The summed E-state index contributed by atoms with van der Waals surface area (Å²) in [5.41, 5.74) is 0. The molecule has 0 radical (unpaired) electrons. The summed E-state index contributed by atoms with van der Waals surface area (Å²) in [6, 6.07) is 0.120. The Labute approximate surface area is 117 Å². The van der Waals surface area contributed by atoms with Crippen LogP contribution in [0.3, 0.4) is 0 Å². The molecule has 2 rings (SSSR count). The van der Waals surface area contributed by atoms with E-state index in [2.05, 4.69) is 12.2 Å². The van der Waals surface area contributed by atoms with E-state index in [0.717, 1.165) is 45.1 Å². The van der Waals surface area contributed by atoms with Crippen LogP contribution < -0.4 is 5.32 Å². The van der Waals surface area contributed by atoms with E-state index in [1.165, 1.54) is 0 Å². The summed E-state index contributed by atoms with van der Waals surface area (Å²) < 4.78 is 30.8. The summed E-state index contributed by atoms with van der Waals surface area (Å²) in [5.74, 6) is 0.778. The van der Waals surface area contributed by atoms with Gasteiger partial charge in [0.25, 0.3) is 0 Å². The molecule has 0 aromatic rings. The van der Waals surface area contributed by atoms with Crippen LogP contribution in [0.4, 0.5) is 0 Å². The third kappa shape index (κ3) is 3.70. The fraction of sp³-hybridized carbons (Fsp3) is 1.00. The lowest BCUT2D eigenvalue weighted by molar-refractivity contribution is 0.127. The first-order valence-electron chi connectivity index (χ1n) is 7.57. The predicted molar refractivity (Wildman–Crippen MR) is 77.0 cm³/mol. The van der Waals surface area contributed by atoms with E-state index in [-0.39, 0.29) is 23.1 Å². The molecule has 4 unspecified atom stereocenters. The van der Waals surface area contributed by atoms with Gasteiger partial charge in [-0.05, 0) is 45.1 Å². The highest BCUT2D eigenvalue weighted by molar-refractivity contribution is 7.92. The standard InChI is InChI=1S/C14H27NO3S/c1-3-11-6-7-13(15-2)14(9-11)19(16,17)10-12-5-4-8-18-12/h11-15H,3-10H2,1-2H3. The summed E-state index contributed by atoms with van der Waals surface area (Å²) in [5, 5.41) is 2.99. The second-order valence-corrected chi connectivity index (χ2v) is 8.25. The van der Waals surface area contributed by atoms with Crippen LogP contribution in [-0.4, -0.2) is 45.2 Å². The maximum atomic E-state index is 12.7. The minimum Gasteiger partial charge on any atom is -0.377 e. The molecule has 1 N–H and O–H groups in total. The topological polar surface area (TPSA) is 55.4 Å². The Hall–Kier alpha value is -0.130. The summed E-state index contributed by atoms with van der Waals surface area (Å²) in [6.45, 7) is 2.88. The van der Waals surface area contributed by atoms with Crippen molar-refractivity contribution in [2.75, 3.05) is 19.4 Å². The minimum absolute atomic E-state index is 0.0653. The number of ether oxygens (including phenoxy) is 1. The summed E-state index contributed by atoms with van der Waals surface area (Å²) >= 11 is 0. The van der Waals surface area contributed by atoms with Crippen molar-refractivity contribution in [2.45, 2.75) is 62.8 Å². The van der Waals surface area contributed by atoms with Gasteiger partial charge in [-0.3, -0.25) is 0 Å². The Morgan fingerprint density at radius 3 is 2.63 bits per heavy atom. The van der Waals surface area contributed by atoms with Gasteiger partial charge < -0.3 is 10.1 Å². The van der Waals surface area contributed by atoms with E-state index >= 15 is 0 Å². The van der Waals surface area contributed by atoms with Crippen molar-refractivity contribution in [3.05, 3.63) is 0 Å². The average molecular weight is 289 g/mol. The Morgan fingerprint density at radius 1 is 1.26 bits per heavy atom. The molecular weight excluding hydrogens is 262 g/mol. The van der Waals surface area contributed by atoms with Gasteiger partial charge in [0.05, 0.1) is 17.1 Å².